The van der Waals surface area contributed by atoms with Crippen molar-refractivity contribution >= 4 is 23.4 Å². The van der Waals surface area contributed by atoms with Crippen molar-refractivity contribution in [2.75, 3.05) is 25.8 Å². The number of ether oxygens (including phenoxy) is 2. The van der Waals surface area contributed by atoms with Gasteiger partial charge in [0, 0.05) is 29.4 Å². The minimum Gasteiger partial charge on any atom is -0.493 e. The number of nitrogens with zero attached hydrogens (tertiary/aromatic N) is 1. The van der Waals surface area contributed by atoms with Crippen LogP contribution in [-0.2, 0) is 11.2 Å². The Morgan fingerprint density at radius 1 is 1.23 bits per heavy atom. The van der Waals surface area contributed by atoms with E-state index < -0.39 is 0 Å². The van der Waals surface area contributed by atoms with Gasteiger partial charge in [0.1, 0.15) is 0 Å². The zero-order valence-electron chi connectivity index (χ0n) is 15.6. The van der Waals surface area contributed by atoms with E-state index in [-0.39, 0.29) is 17.9 Å². The van der Waals surface area contributed by atoms with Gasteiger partial charge in [-0.15, -0.1) is 0 Å². The number of aromatic nitrogens is 2. The number of methoxy groups -OCH3 is 2. The maximum absolute atomic E-state index is 12.3. The normalized spacial score (nSPS) is 10.5. The topological polar surface area (TPSA) is 93.3 Å². The lowest BCUT2D eigenvalue weighted by atomic mass is 10.1. The number of hydrogen-bond acceptors (Lipinski definition) is 6. The first-order chi connectivity index (χ1) is 12.4. The molecule has 0 saturated heterocycles. The van der Waals surface area contributed by atoms with E-state index in [4.69, 9.17) is 9.47 Å². The summed E-state index contributed by atoms with van der Waals surface area (Å²) in [4.78, 5) is 31.5. The van der Waals surface area contributed by atoms with Gasteiger partial charge < -0.3 is 19.8 Å². The highest BCUT2D eigenvalue weighted by atomic mass is 32.2. The summed E-state index contributed by atoms with van der Waals surface area (Å²) in [7, 11) is 3.10. The van der Waals surface area contributed by atoms with Crippen LogP contribution in [0.4, 0.5) is 5.69 Å². The predicted octanol–water partition coefficient (Wildman–Crippen LogP) is 2.70. The molecule has 0 fully saturated rings. The van der Waals surface area contributed by atoms with Crippen molar-refractivity contribution in [3.05, 3.63) is 39.3 Å². The van der Waals surface area contributed by atoms with Gasteiger partial charge >= 0.3 is 0 Å². The Balaban J connectivity index is 2.10. The smallest absolute Gasteiger partial charge is 0.254 e. The van der Waals surface area contributed by atoms with Gasteiger partial charge in [0.2, 0.25) is 5.91 Å². The second-order valence-corrected chi connectivity index (χ2v) is 6.50. The Kier molecular flexibility index (Phi) is 6.68. The number of aryl methyl sites for hydroxylation is 2. The summed E-state index contributed by atoms with van der Waals surface area (Å²) in [6.45, 7) is 3.65. The number of amides is 1. The third kappa shape index (κ3) is 4.57. The summed E-state index contributed by atoms with van der Waals surface area (Å²) in [5, 5.41) is 3.43. The van der Waals surface area contributed by atoms with Crippen LogP contribution in [0, 0.1) is 13.8 Å². The molecule has 7 nitrogen and oxygen atoms in total. The minimum atomic E-state index is -0.197. The summed E-state index contributed by atoms with van der Waals surface area (Å²) in [6.07, 6.45) is 2.34. The molecule has 0 aliphatic rings. The first-order valence-corrected chi connectivity index (χ1v) is 9.28. The number of thioether (sulfide) groups is 1. The summed E-state index contributed by atoms with van der Waals surface area (Å²) >= 11 is 1.37. The van der Waals surface area contributed by atoms with Crippen molar-refractivity contribution in [2.45, 2.75) is 31.8 Å². The third-order valence-electron chi connectivity index (χ3n) is 4.00. The van der Waals surface area contributed by atoms with Gasteiger partial charge in [0.25, 0.3) is 5.56 Å². The zero-order chi connectivity index (χ0) is 19.3. The average molecular weight is 377 g/mol. The summed E-state index contributed by atoms with van der Waals surface area (Å²) in [5.74, 6) is 0.954. The molecule has 26 heavy (non-hydrogen) atoms. The van der Waals surface area contributed by atoms with E-state index in [1.807, 2.05) is 13.2 Å². The Bertz CT molecular complexity index is 864. The summed E-state index contributed by atoms with van der Waals surface area (Å²) in [5.41, 5.74) is 2.48. The highest BCUT2D eigenvalue weighted by molar-refractivity contribution is 7.98. The largest absolute Gasteiger partial charge is 0.493 e. The molecule has 0 unspecified atom stereocenters. The van der Waals surface area contributed by atoms with Gasteiger partial charge in [-0.25, -0.2) is 4.98 Å². The number of carbonyl (C=O) groups excluding carboxylic acids is 1. The van der Waals surface area contributed by atoms with E-state index in [1.54, 1.807) is 33.3 Å². The molecule has 8 heteroatoms. The van der Waals surface area contributed by atoms with Crippen molar-refractivity contribution in [3.63, 3.8) is 0 Å². The lowest BCUT2D eigenvalue weighted by Gasteiger charge is -2.13. The molecule has 0 aliphatic heterocycles. The molecule has 1 aromatic heterocycles. The Morgan fingerprint density at radius 3 is 2.46 bits per heavy atom. The predicted molar refractivity (Wildman–Crippen MR) is 103 cm³/mol. The molecule has 0 atom stereocenters. The fraction of sp³-hybridized carbons (Fsp3) is 0.389. The number of benzene rings is 1. The fourth-order valence-electron chi connectivity index (χ4n) is 2.54. The average Bonchev–Trinajstić information content (AvgIpc) is 2.61. The Morgan fingerprint density at radius 2 is 1.88 bits per heavy atom. The first kappa shape index (κ1) is 19.8. The molecule has 2 aromatic rings. The molecule has 1 heterocycles. The third-order valence-corrected chi connectivity index (χ3v) is 4.58. The highest BCUT2D eigenvalue weighted by Crippen LogP contribution is 2.32. The van der Waals surface area contributed by atoms with Crippen LogP contribution in [0.25, 0.3) is 0 Å². The van der Waals surface area contributed by atoms with E-state index in [0.717, 1.165) is 5.56 Å². The van der Waals surface area contributed by atoms with Gasteiger partial charge in [-0.2, -0.15) is 0 Å². The minimum absolute atomic E-state index is 0.179. The van der Waals surface area contributed by atoms with Crippen molar-refractivity contribution in [1.29, 1.82) is 0 Å². The molecule has 2 rings (SSSR count). The summed E-state index contributed by atoms with van der Waals surface area (Å²) < 4.78 is 10.5. The molecule has 1 amide bonds. The molecule has 0 radical (unpaired) electrons. The van der Waals surface area contributed by atoms with Gasteiger partial charge in [-0.05, 0) is 38.2 Å². The number of nitrogens with one attached hydrogen (secondary N) is 2. The molecule has 0 saturated carbocycles. The molecule has 0 aliphatic carbocycles. The number of anilines is 1. The molecule has 2 N–H and O–H groups in total. The molecular formula is C18H23N3O4S. The van der Waals surface area contributed by atoms with Crippen LogP contribution in [0.5, 0.6) is 11.5 Å². The van der Waals surface area contributed by atoms with Crippen LogP contribution in [0.1, 0.15) is 23.2 Å². The standard InChI is InChI=1S/C18H23N3O4S/c1-10-8-14(24-3)15(25-4)9-13(10)20-16(22)7-6-12-11(2)19-18(26-5)21-17(12)23/h8-9H,6-7H2,1-5H3,(H,20,22)(H,19,21,23). The van der Waals surface area contributed by atoms with Crippen LogP contribution in [0.15, 0.2) is 22.1 Å². The lowest BCUT2D eigenvalue weighted by molar-refractivity contribution is -0.116. The molecule has 1 aromatic carbocycles. The van der Waals surface area contributed by atoms with E-state index in [1.165, 1.54) is 11.8 Å². The van der Waals surface area contributed by atoms with Crippen LogP contribution >= 0.6 is 11.8 Å². The monoisotopic (exact) mass is 377 g/mol. The van der Waals surface area contributed by atoms with E-state index >= 15 is 0 Å². The molecule has 0 spiro atoms. The van der Waals surface area contributed by atoms with E-state index in [2.05, 4.69) is 15.3 Å². The van der Waals surface area contributed by atoms with Gasteiger partial charge in [0.05, 0.1) is 14.2 Å². The SMILES string of the molecule is COc1cc(C)c(NC(=O)CCc2c(C)nc(SC)[nH]c2=O)cc1OC. The number of hydrogen-bond donors (Lipinski definition) is 2. The highest BCUT2D eigenvalue weighted by Gasteiger charge is 2.13. The second-order valence-electron chi connectivity index (χ2n) is 5.71. The quantitative estimate of drug-likeness (QED) is 0.569. The first-order valence-electron chi connectivity index (χ1n) is 8.05. The van der Waals surface area contributed by atoms with Crippen molar-refractivity contribution < 1.29 is 14.3 Å². The van der Waals surface area contributed by atoms with E-state index in [9.17, 15) is 9.59 Å². The van der Waals surface area contributed by atoms with Crippen LogP contribution in [-0.4, -0.2) is 36.4 Å². The molecular weight excluding hydrogens is 354 g/mol. The van der Waals surface area contributed by atoms with Crippen LogP contribution < -0.4 is 20.3 Å². The lowest BCUT2D eigenvalue weighted by Crippen LogP contribution is -2.20. The fourth-order valence-corrected chi connectivity index (χ4v) is 2.97. The Labute approximate surface area is 156 Å². The van der Waals surface area contributed by atoms with Gasteiger partial charge in [0.15, 0.2) is 16.7 Å². The second kappa shape index (κ2) is 8.75. The van der Waals surface area contributed by atoms with Crippen LogP contribution in [0.2, 0.25) is 0 Å². The number of H-pyrrole nitrogens is 1. The number of aromatic amines is 1. The van der Waals surface area contributed by atoms with Gasteiger partial charge in [-0.1, -0.05) is 11.8 Å². The van der Waals surface area contributed by atoms with Crippen molar-refractivity contribution in [3.8, 4) is 11.5 Å². The molecule has 0 bridgehead atoms. The summed E-state index contributed by atoms with van der Waals surface area (Å²) in [6, 6.07) is 3.52. The Hall–Kier alpha value is -2.48. The molecule has 140 valence electrons. The maximum atomic E-state index is 12.3. The number of carbonyl (C=O) groups is 1. The van der Waals surface area contributed by atoms with E-state index in [0.29, 0.717) is 40.0 Å². The van der Waals surface area contributed by atoms with Crippen molar-refractivity contribution in [1.82, 2.24) is 9.97 Å². The number of rotatable bonds is 7. The maximum Gasteiger partial charge on any atom is 0.254 e. The van der Waals surface area contributed by atoms with Crippen LogP contribution in [0.3, 0.4) is 0 Å². The van der Waals surface area contributed by atoms with Crippen molar-refractivity contribution in [2.24, 2.45) is 0 Å². The van der Waals surface area contributed by atoms with Gasteiger partial charge in [-0.3, -0.25) is 9.59 Å². The zero-order valence-corrected chi connectivity index (χ0v) is 16.4.